The Bertz CT molecular complexity index is 1140. The Morgan fingerprint density at radius 1 is 1.00 bits per heavy atom. The molecule has 0 spiro atoms. The number of hydrogen-bond donors (Lipinski definition) is 4. The predicted molar refractivity (Wildman–Crippen MR) is 163 cm³/mol. The summed E-state index contributed by atoms with van der Waals surface area (Å²) in [6.07, 6.45) is 7.97. The van der Waals surface area contributed by atoms with Crippen molar-refractivity contribution in [3.05, 3.63) is 65.0 Å². The lowest BCUT2D eigenvalue weighted by atomic mass is 9.77. The molecule has 2 aromatic rings. The third kappa shape index (κ3) is 11.1. The summed E-state index contributed by atoms with van der Waals surface area (Å²) in [6.45, 7) is 5.11. The number of likely N-dealkylation sites (N-methyl/N-ethyl adjacent to an activating group) is 1. The first-order valence-electron chi connectivity index (χ1n) is 15.2. The number of halogens is 1. The molecule has 4 rings (SSSR count). The molecule has 0 bridgehead atoms. The van der Waals surface area contributed by atoms with Crippen LogP contribution in [0.15, 0.2) is 42.5 Å². The van der Waals surface area contributed by atoms with Crippen molar-refractivity contribution in [3.8, 4) is 5.75 Å². The Labute approximate surface area is 249 Å². The molecule has 0 saturated heterocycles. The fourth-order valence-electron chi connectivity index (χ4n) is 4.96. The molecule has 3 amide bonds. The Kier molecular flexibility index (Phi) is 13.3. The monoisotopic (exact) mass is 582 g/mol. The maximum atomic E-state index is 13.6. The Hall–Kier alpha value is -3.46. The largest absolute Gasteiger partial charge is 0.508 e. The smallest absolute Gasteiger partial charge is 0.240 e. The molecule has 0 aromatic heterocycles. The molecule has 0 heterocycles. The van der Waals surface area contributed by atoms with Crippen molar-refractivity contribution in [2.24, 2.45) is 5.92 Å². The van der Waals surface area contributed by atoms with Gasteiger partial charge in [-0.1, -0.05) is 37.1 Å². The number of rotatable bonds is 14. The zero-order chi connectivity index (χ0) is 30.5. The fraction of sp³-hybridized carbons (Fsp3) is 0.545. The van der Waals surface area contributed by atoms with Crippen molar-refractivity contribution in [1.29, 1.82) is 0 Å². The van der Waals surface area contributed by atoms with Gasteiger partial charge < -0.3 is 26.0 Å². The molecule has 1 unspecified atom stereocenters. The van der Waals surface area contributed by atoms with Crippen LogP contribution in [0.3, 0.4) is 0 Å². The van der Waals surface area contributed by atoms with Crippen molar-refractivity contribution < 1.29 is 23.9 Å². The first kappa shape index (κ1) is 33.0. The maximum absolute atomic E-state index is 13.6. The third-order valence-corrected chi connectivity index (χ3v) is 7.81. The second-order valence-corrected chi connectivity index (χ2v) is 11.5. The summed E-state index contributed by atoms with van der Waals surface area (Å²) in [5, 5.41) is 17.5. The van der Waals surface area contributed by atoms with Gasteiger partial charge in [0.2, 0.25) is 17.7 Å². The summed E-state index contributed by atoms with van der Waals surface area (Å²) in [5.74, 6) is 0.265. The highest BCUT2D eigenvalue weighted by Gasteiger charge is 2.37. The zero-order valence-corrected chi connectivity index (χ0v) is 25.3. The van der Waals surface area contributed by atoms with E-state index < -0.39 is 0 Å². The first-order valence-corrected chi connectivity index (χ1v) is 15.2. The van der Waals surface area contributed by atoms with Crippen LogP contribution in [0.4, 0.5) is 4.39 Å². The zero-order valence-electron chi connectivity index (χ0n) is 25.3. The lowest BCUT2D eigenvalue weighted by molar-refractivity contribution is -0.137. The quantitative estimate of drug-likeness (QED) is 0.250. The van der Waals surface area contributed by atoms with E-state index in [9.17, 15) is 18.8 Å². The van der Waals surface area contributed by atoms with E-state index in [1.807, 2.05) is 25.1 Å². The number of carbonyl (C=O) groups is 3. The first-order chi connectivity index (χ1) is 20.2. The van der Waals surface area contributed by atoms with Crippen LogP contribution in [0.1, 0.15) is 74.5 Å². The van der Waals surface area contributed by atoms with Gasteiger partial charge in [-0.3, -0.25) is 14.4 Å². The number of aryl methyl sites for hydroxylation is 2. The lowest BCUT2D eigenvalue weighted by Crippen LogP contribution is -2.50. The number of hydrogen-bond acceptors (Lipinski definition) is 5. The molecule has 2 aliphatic rings. The Morgan fingerprint density at radius 3 is 2.31 bits per heavy atom. The topological polar surface area (TPSA) is 111 Å². The number of carbonyl (C=O) groups excluding carboxylic acids is 3. The van der Waals surface area contributed by atoms with Crippen molar-refractivity contribution in [3.63, 3.8) is 0 Å². The molecule has 0 aliphatic heterocycles. The highest BCUT2D eigenvalue weighted by Crippen LogP contribution is 2.38. The van der Waals surface area contributed by atoms with Crippen LogP contribution in [-0.4, -0.2) is 67.0 Å². The van der Waals surface area contributed by atoms with Crippen LogP contribution >= 0.6 is 0 Å². The maximum Gasteiger partial charge on any atom is 0.240 e. The van der Waals surface area contributed by atoms with Gasteiger partial charge in [-0.25, -0.2) is 4.39 Å². The molecular weight excluding hydrogens is 535 g/mol. The van der Waals surface area contributed by atoms with Crippen LogP contribution in [0.25, 0.3) is 0 Å². The van der Waals surface area contributed by atoms with Crippen LogP contribution in [-0.2, 0) is 20.8 Å². The summed E-state index contributed by atoms with van der Waals surface area (Å²) in [7, 11) is 1.62. The SMILES string of the molecule is CCCNC(C(=O)N(C)CC(=O)NCC(=O)NCCCc1ccc(F)cc1C1CCC1)C1CC1.Cc1ccc(O)cc1. The van der Waals surface area contributed by atoms with E-state index in [2.05, 4.69) is 22.9 Å². The van der Waals surface area contributed by atoms with Gasteiger partial charge in [0.05, 0.1) is 19.1 Å². The van der Waals surface area contributed by atoms with E-state index in [0.29, 0.717) is 24.1 Å². The van der Waals surface area contributed by atoms with E-state index in [1.54, 1.807) is 25.2 Å². The highest BCUT2D eigenvalue weighted by atomic mass is 19.1. The second-order valence-electron chi connectivity index (χ2n) is 11.5. The van der Waals surface area contributed by atoms with Crippen LogP contribution in [0.2, 0.25) is 0 Å². The third-order valence-electron chi connectivity index (χ3n) is 7.81. The number of aromatic hydroxyl groups is 1. The summed E-state index contributed by atoms with van der Waals surface area (Å²) in [6, 6.07) is 11.9. The van der Waals surface area contributed by atoms with Gasteiger partial charge >= 0.3 is 0 Å². The normalized spacial score (nSPS) is 15.0. The van der Waals surface area contributed by atoms with Crippen LogP contribution < -0.4 is 16.0 Å². The number of amides is 3. The van der Waals surface area contributed by atoms with E-state index in [0.717, 1.165) is 62.6 Å². The van der Waals surface area contributed by atoms with Crippen molar-refractivity contribution in [2.45, 2.75) is 77.2 Å². The summed E-state index contributed by atoms with van der Waals surface area (Å²) in [4.78, 5) is 38.5. The average Bonchev–Trinajstić information content (AvgIpc) is 3.77. The highest BCUT2D eigenvalue weighted by molar-refractivity contribution is 5.89. The van der Waals surface area contributed by atoms with Gasteiger partial charge in [-0.05, 0) is 106 Å². The minimum Gasteiger partial charge on any atom is -0.508 e. The molecule has 2 fully saturated rings. The van der Waals surface area contributed by atoms with E-state index >= 15 is 0 Å². The number of phenolic OH excluding ortho intramolecular Hbond substituents is 1. The number of nitrogens with one attached hydrogen (secondary N) is 3. The summed E-state index contributed by atoms with van der Waals surface area (Å²) < 4.78 is 13.6. The van der Waals surface area contributed by atoms with Gasteiger partial charge in [0, 0.05) is 13.6 Å². The molecule has 1 atom stereocenters. The lowest BCUT2D eigenvalue weighted by Gasteiger charge is -2.28. The van der Waals surface area contributed by atoms with Crippen molar-refractivity contribution in [1.82, 2.24) is 20.9 Å². The standard InChI is InChI=1S/C26H39FN4O3.C7H8O/c1-3-13-29-25(20-9-10-20)26(34)31(2)17-24(33)30-16-23(32)28-14-5-8-19-11-12-21(27)15-22(19)18-6-4-7-18;1-6-2-4-7(8)5-3-6/h11-12,15,18,20,25,29H,3-10,13-14,16-17H2,1-2H3,(H,28,32)(H,30,33);2-5,8H,1H3. The molecule has 2 aromatic carbocycles. The fourth-order valence-corrected chi connectivity index (χ4v) is 4.96. The molecule has 42 heavy (non-hydrogen) atoms. The minimum absolute atomic E-state index is 0.0717. The molecule has 230 valence electrons. The summed E-state index contributed by atoms with van der Waals surface area (Å²) >= 11 is 0. The van der Waals surface area contributed by atoms with Crippen LogP contribution in [0, 0.1) is 18.7 Å². The van der Waals surface area contributed by atoms with E-state index in [4.69, 9.17) is 5.11 Å². The molecule has 9 heteroatoms. The van der Waals surface area contributed by atoms with Gasteiger partial charge in [-0.15, -0.1) is 0 Å². The van der Waals surface area contributed by atoms with Gasteiger partial charge in [0.1, 0.15) is 11.6 Å². The van der Waals surface area contributed by atoms with Gasteiger partial charge in [0.25, 0.3) is 0 Å². The second kappa shape index (κ2) is 16.9. The van der Waals surface area contributed by atoms with Crippen molar-refractivity contribution >= 4 is 17.7 Å². The van der Waals surface area contributed by atoms with Crippen LogP contribution in [0.5, 0.6) is 5.75 Å². The molecule has 2 saturated carbocycles. The molecule has 0 radical (unpaired) electrons. The van der Waals surface area contributed by atoms with Crippen molar-refractivity contribution in [2.75, 3.05) is 33.2 Å². The molecule has 8 nitrogen and oxygen atoms in total. The Morgan fingerprint density at radius 2 is 1.71 bits per heavy atom. The van der Waals surface area contributed by atoms with E-state index in [-0.39, 0.29) is 42.7 Å². The van der Waals surface area contributed by atoms with E-state index in [1.165, 1.54) is 23.0 Å². The molecule has 2 aliphatic carbocycles. The van der Waals surface area contributed by atoms with Gasteiger partial charge in [-0.2, -0.15) is 0 Å². The summed E-state index contributed by atoms with van der Waals surface area (Å²) in [5.41, 5.74) is 3.43. The van der Waals surface area contributed by atoms with Gasteiger partial charge in [0.15, 0.2) is 0 Å². The molecule has 4 N–H and O–H groups in total. The predicted octanol–water partition coefficient (Wildman–Crippen LogP) is 4.20. The minimum atomic E-state index is -0.354. The number of phenols is 1. The molecular formula is C33H47FN4O4. The number of benzene rings is 2. The average molecular weight is 583 g/mol. The number of nitrogens with zero attached hydrogens (tertiary/aromatic N) is 1. The Balaban J connectivity index is 0.000000521.